The molecule has 4 rings (SSSR count). The molecule has 3 aliphatic rings. The Labute approximate surface area is 185 Å². The molecule has 1 aromatic carbocycles. The fraction of sp³-hybridized carbons (Fsp3) is 0.667. The molecule has 31 heavy (non-hydrogen) atoms. The molecule has 2 aliphatic heterocycles. The predicted molar refractivity (Wildman–Crippen MR) is 122 cm³/mol. The van der Waals surface area contributed by atoms with E-state index in [0.717, 1.165) is 58.0 Å². The van der Waals surface area contributed by atoms with Gasteiger partial charge in [0.1, 0.15) is 0 Å². The molecule has 7 nitrogen and oxygen atoms in total. The number of piperidine rings is 1. The van der Waals surface area contributed by atoms with E-state index in [2.05, 4.69) is 58.6 Å². The number of guanidine groups is 1. The quantitative estimate of drug-likeness (QED) is 0.476. The highest BCUT2D eigenvalue weighted by atomic mass is 16.5. The third kappa shape index (κ3) is 4.72. The van der Waals surface area contributed by atoms with Crippen LogP contribution in [0.4, 0.5) is 0 Å². The average molecular weight is 428 g/mol. The van der Waals surface area contributed by atoms with E-state index < -0.39 is 0 Å². The summed E-state index contributed by atoms with van der Waals surface area (Å²) < 4.78 is 5.91. The van der Waals surface area contributed by atoms with Crippen LogP contribution in [0.3, 0.4) is 0 Å². The molecule has 0 spiro atoms. The summed E-state index contributed by atoms with van der Waals surface area (Å²) in [5, 5.41) is 7.12. The molecule has 170 valence electrons. The molecule has 3 fully saturated rings. The minimum absolute atomic E-state index is 0.0198. The molecule has 2 saturated heterocycles. The van der Waals surface area contributed by atoms with E-state index in [1.165, 1.54) is 11.1 Å². The lowest BCUT2D eigenvalue weighted by atomic mass is 9.57. The summed E-state index contributed by atoms with van der Waals surface area (Å²) in [5.41, 5.74) is 8.13. The maximum Gasteiger partial charge on any atom is 0.221 e. The second-order valence-corrected chi connectivity index (χ2v) is 9.91. The normalized spacial score (nSPS) is 30.4. The molecule has 1 amide bonds. The first-order chi connectivity index (χ1) is 14.9. The number of hydrogen-bond donors (Lipinski definition) is 3. The highest BCUT2D eigenvalue weighted by Crippen LogP contribution is 2.52. The standard InChI is InChI=1S/C24H37N5O2/c1-24(2)20(19-9-11-31-21(19)24)28-23(26-3)27-13-16-6-4-7-17(12-16)14-29-10-5-8-18(15-29)22(25)30/h4,6-7,12,18-21H,5,8-11,13-15H2,1-3H3,(H2,25,30)(H2,26,27,28). The maximum absolute atomic E-state index is 11.6. The SMILES string of the molecule is CN=C(NCc1cccc(CN2CCCC(C(N)=O)C2)c1)NC1C2CCOC2C1(C)C. The molecule has 4 N–H and O–H groups in total. The molecule has 0 bridgehead atoms. The second kappa shape index (κ2) is 9.17. The molecule has 4 unspecified atom stereocenters. The zero-order valence-electron chi connectivity index (χ0n) is 19.1. The summed E-state index contributed by atoms with van der Waals surface area (Å²) in [5.74, 6) is 1.22. The first kappa shape index (κ1) is 22.1. The van der Waals surface area contributed by atoms with E-state index >= 15 is 0 Å². The van der Waals surface area contributed by atoms with Crippen molar-refractivity contribution >= 4 is 11.9 Å². The Morgan fingerprint density at radius 2 is 2.13 bits per heavy atom. The summed E-state index contributed by atoms with van der Waals surface area (Å²) in [6.07, 6.45) is 3.43. The minimum Gasteiger partial charge on any atom is -0.377 e. The lowest BCUT2D eigenvalue weighted by Crippen LogP contribution is -2.67. The van der Waals surface area contributed by atoms with E-state index in [1.807, 2.05) is 7.05 Å². The Morgan fingerprint density at radius 1 is 1.32 bits per heavy atom. The van der Waals surface area contributed by atoms with Crippen molar-refractivity contribution in [3.8, 4) is 0 Å². The Morgan fingerprint density at radius 3 is 2.90 bits per heavy atom. The zero-order valence-corrected chi connectivity index (χ0v) is 19.1. The summed E-state index contributed by atoms with van der Waals surface area (Å²) >= 11 is 0. The van der Waals surface area contributed by atoms with Crippen molar-refractivity contribution in [3.63, 3.8) is 0 Å². The van der Waals surface area contributed by atoms with Gasteiger partial charge in [-0.3, -0.25) is 14.7 Å². The number of primary amides is 1. The molecule has 7 heteroatoms. The van der Waals surface area contributed by atoms with Crippen molar-refractivity contribution in [3.05, 3.63) is 35.4 Å². The van der Waals surface area contributed by atoms with Crippen LogP contribution < -0.4 is 16.4 Å². The van der Waals surface area contributed by atoms with Gasteiger partial charge in [0.05, 0.1) is 12.0 Å². The lowest BCUT2D eigenvalue weighted by Gasteiger charge is -2.54. The van der Waals surface area contributed by atoms with Gasteiger partial charge in [0.25, 0.3) is 0 Å². The van der Waals surface area contributed by atoms with Gasteiger partial charge < -0.3 is 21.1 Å². The van der Waals surface area contributed by atoms with E-state index in [-0.39, 0.29) is 17.2 Å². The van der Waals surface area contributed by atoms with Crippen molar-refractivity contribution in [2.24, 2.45) is 28.0 Å². The molecule has 1 saturated carbocycles. The third-order valence-electron chi connectivity index (χ3n) is 7.38. The first-order valence-electron chi connectivity index (χ1n) is 11.6. The van der Waals surface area contributed by atoms with Crippen molar-refractivity contribution in [2.45, 2.75) is 58.3 Å². The van der Waals surface area contributed by atoms with Gasteiger partial charge in [-0.1, -0.05) is 38.1 Å². The summed E-state index contributed by atoms with van der Waals surface area (Å²) in [7, 11) is 1.82. The van der Waals surface area contributed by atoms with Gasteiger partial charge in [0.15, 0.2) is 5.96 Å². The Kier molecular flexibility index (Phi) is 6.53. The largest absolute Gasteiger partial charge is 0.377 e. The number of nitrogens with one attached hydrogen (secondary N) is 2. The number of ether oxygens (including phenoxy) is 1. The van der Waals surface area contributed by atoms with E-state index in [0.29, 0.717) is 18.1 Å². The number of carbonyl (C=O) groups is 1. The first-order valence-corrected chi connectivity index (χ1v) is 11.6. The number of amides is 1. The van der Waals surface area contributed by atoms with E-state index in [4.69, 9.17) is 10.5 Å². The molecule has 4 atom stereocenters. The number of likely N-dealkylation sites (tertiary alicyclic amines) is 1. The second-order valence-electron chi connectivity index (χ2n) is 9.91. The van der Waals surface area contributed by atoms with Crippen LogP contribution in [0.5, 0.6) is 0 Å². The molecule has 0 aromatic heterocycles. The van der Waals surface area contributed by atoms with Gasteiger partial charge in [0, 0.05) is 50.7 Å². The highest BCUT2D eigenvalue weighted by Gasteiger charge is 2.59. The van der Waals surface area contributed by atoms with Gasteiger partial charge in [0.2, 0.25) is 5.91 Å². The molecule has 1 aliphatic carbocycles. The highest BCUT2D eigenvalue weighted by molar-refractivity contribution is 5.80. The number of fused-ring (bicyclic) bond motifs is 1. The van der Waals surface area contributed by atoms with E-state index in [9.17, 15) is 4.79 Å². The Hall–Kier alpha value is -2.12. The third-order valence-corrected chi connectivity index (χ3v) is 7.38. The fourth-order valence-corrected chi connectivity index (χ4v) is 5.67. The van der Waals surface area contributed by atoms with Crippen LogP contribution in [-0.2, 0) is 22.6 Å². The van der Waals surface area contributed by atoms with Crippen LogP contribution in [0.2, 0.25) is 0 Å². The molecular weight excluding hydrogens is 390 g/mol. The number of benzene rings is 1. The number of carbonyl (C=O) groups excluding carboxylic acids is 1. The predicted octanol–water partition coefficient (Wildman–Crippen LogP) is 1.86. The Bertz CT molecular complexity index is 824. The number of hydrogen-bond acceptors (Lipinski definition) is 4. The molecule has 2 heterocycles. The van der Waals surface area contributed by atoms with Crippen LogP contribution in [0, 0.1) is 17.3 Å². The van der Waals surface area contributed by atoms with Crippen molar-refractivity contribution in [2.75, 3.05) is 26.7 Å². The van der Waals surface area contributed by atoms with Gasteiger partial charge in [-0.15, -0.1) is 0 Å². The lowest BCUT2D eigenvalue weighted by molar-refractivity contribution is -0.123. The van der Waals surface area contributed by atoms with Crippen molar-refractivity contribution in [1.29, 1.82) is 0 Å². The fourth-order valence-electron chi connectivity index (χ4n) is 5.67. The average Bonchev–Trinajstić information content (AvgIpc) is 3.21. The number of nitrogens with zero attached hydrogens (tertiary/aromatic N) is 2. The van der Waals surface area contributed by atoms with Gasteiger partial charge >= 0.3 is 0 Å². The van der Waals surface area contributed by atoms with Crippen molar-refractivity contribution in [1.82, 2.24) is 15.5 Å². The molecule has 0 radical (unpaired) electrons. The minimum atomic E-state index is -0.174. The number of nitrogens with two attached hydrogens (primary N) is 1. The van der Waals surface area contributed by atoms with E-state index in [1.54, 1.807) is 0 Å². The van der Waals surface area contributed by atoms with Gasteiger partial charge in [-0.05, 0) is 36.9 Å². The monoisotopic (exact) mass is 427 g/mol. The molecule has 1 aromatic rings. The summed E-state index contributed by atoms with van der Waals surface area (Å²) in [6.45, 7) is 8.77. The van der Waals surface area contributed by atoms with Crippen LogP contribution in [0.15, 0.2) is 29.3 Å². The van der Waals surface area contributed by atoms with Crippen molar-refractivity contribution < 1.29 is 9.53 Å². The Balaban J connectivity index is 1.31. The van der Waals surface area contributed by atoms with Crippen LogP contribution in [0.1, 0.15) is 44.2 Å². The zero-order chi connectivity index (χ0) is 22.0. The smallest absolute Gasteiger partial charge is 0.221 e. The van der Waals surface area contributed by atoms with Crippen LogP contribution in [-0.4, -0.2) is 55.7 Å². The van der Waals surface area contributed by atoms with Crippen LogP contribution >= 0.6 is 0 Å². The van der Waals surface area contributed by atoms with Crippen LogP contribution in [0.25, 0.3) is 0 Å². The van der Waals surface area contributed by atoms with Gasteiger partial charge in [-0.2, -0.15) is 0 Å². The molecular formula is C24H37N5O2. The number of rotatable bonds is 6. The maximum atomic E-state index is 11.6. The number of aliphatic imine (C=N–C) groups is 1. The summed E-state index contributed by atoms with van der Waals surface area (Å²) in [4.78, 5) is 18.3. The van der Waals surface area contributed by atoms with Gasteiger partial charge in [-0.25, -0.2) is 0 Å². The summed E-state index contributed by atoms with van der Waals surface area (Å²) in [6, 6.07) is 9.02. The topological polar surface area (TPSA) is 92.0 Å².